The molecule has 0 unspecified atom stereocenters. The smallest absolute Gasteiger partial charge is 0.408 e. The standard InChI is InChI=1S/C35H46N4O7/c1-2-45-32(41)21-19-28(18-20-31(36)40)37-33(42)29(22-25-12-6-3-7-13-25)38-34(43)30(23-26-14-8-4-9-15-26)39-35(44)46-24-27-16-10-5-11-17-27/h3,5-7,10-13,16-17,19,21,26,28-30H,2,4,8-9,14-15,18,20,22-24H2,1H3,(H2,36,40)(H,37,42)(H,38,43)(H,39,44)/b21-19+/t28-,29-,30-/m0/s1. The summed E-state index contributed by atoms with van der Waals surface area (Å²) >= 11 is 0. The predicted octanol–water partition coefficient (Wildman–Crippen LogP) is 3.85. The molecule has 11 heteroatoms. The summed E-state index contributed by atoms with van der Waals surface area (Å²) in [5.74, 6) is -1.94. The average molecular weight is 635 g/mol. The Labute approximate surface area is 270 Å². The lowest BCUT2D eigenvalue weighted by Gasteiger charge is -2.28. The number of benzene rings is 2. The van der Waals surface area contributed by atoms with E-state index in [9.17, 15) is 24.0 Å². The third-order valence-electron chi connectivity index (χ3n) is 7.81. The van der Waals surface area contributed by atoms with E-state index >= 15 is 0 Å². The molecule has 1 aliphatic carbocycles. The van der Waals surface area contributed by atoms with Crippen LogP contribution in [0.2, 0.25) is 0 Å². The van der Waals surface area contributed by atoms with Crippen molar-refractivity contribution in [1.82, 2.24) is 16.0 Å². The Hall–Kier alpha value is -4.67. The summed E-state index contributed by atoms with van der Waals surface area (Å²) in [5.41, 5.74) is 6.96. The van der Waals surface area contributed by atoms with E-state index in [1.807, 2.05) is 60.7 Å². The molecule has 0 bridgehead atoms. The molecule has 11 nitrogen and oxygen atoms in total. The molecule has 2 aromatic carbocycles. The van der Waals surface area contributed by atoms with Gasteiger partial charge in [-0.2, -0.15) is 0 Å². The highest BCUT2D eigenvalue weighted by molar-refractivity contribution is 5.92. The van der Waals surface area contributed by atoms with Crippen LogP contribution in [0.4, 0.5) is 4.79 Å². The summed E-state index contributed by atoms with van der Waals surface area (Å²) in [7, 11) is 0. The molecule has 3 atom stereocenters. The van der Waals surface area contributed by atoms with Crippen molar-refractivity contribution in [2.45, 2.75) is 89.4 Å². The molecule has 1 saturated carbocycles. The highest BCUT2D eigenvalue weighted by Gasteiger charge is 2.30. The zero-order valence-corrected chi connectivity index (χ0v) is 26.5. The normalized spacial score (nSPS) is 15.2. The van der Waals surface area contributed by atoms with Crippen molar-refractivity contribution in [2.75, 3.05) is 6.61 Å². The molecule has 3 rings (SSSR count). The van der Waals surface area contributed by atoms with Crippen LogP contribution in [-0.4, -0.2) is 54.5 Å². The lowest BCUT2D eigenvalue weighted by Crippen LogP contribution is -2.56. The molecule has 5 N–H and O–H groups in total. The van der Waals surface area contributed by atoms with Gasteiger partial charge in [0, 0.05) is 25.0 Å². The van der Waals surface area contributed by atoms with Crippen molar-refractivity contribution in [1.29, 1.82) is 0 Å². The van der Waals surface area contributed by atoms with Crippen molar-refractivity contribution < 1.29 is 33.4 Å². The number of nitrogens with two attached hydrogens (primary N) is 1. The van der Waals surface area contributed by atoms with Crippen LogP contribution >= 0.6 is 0 Å². The third-order valence-corrected chi connectivity index (χ3v) is 7.81. The van der Waals surface area contributed by atoms with Crippen LogP contribution in [0.5, 0.6) is 0 Å². The van der Waals surface area contributed by atoms with E-state index in [0.29, 0.717) is 6.42 Å². The van der Waals surface area contributed by atoms with Crippen LogP contribution in [0.3, 0.4) is 0 Å². The van der Waals surface area contributed by atoms with E-state index in [1.165, 1.54) is 12.2 Å². The molecule has 0 radical (unpaired) electrons. The van der Waals surface area contributed by atoms with Gasteiger partial charge in [0.2, 0.25) is 17.7 Å². The van der Waals surface area contributed by atoms with Crippen molar-refractivity contribution >= 4 is 29.8 Å². The Balaban J connectivity index is 1.78. The number of amides is 4. The Morgan fingerprint density at radius 2 is 1.46 bits per heavy atom. The average Bonchev–Trinajstić information content (AvgIpc) is 3.05. The van der Waals surface area contributed by atoms with Crippen LogP contribution in [0.15, 0.2) is 72.8 Å². The summed E-state index contributed by atoms with van der Waals surface area (Å²) in [5, 5.41) is 8.43. The summed E-state index contributed by atoms with van der Waals surface area (Å²) in [6.07, 6.45) is 7.74. The van der Waals surface area contributed by atoms with E-state index < -0.39 is 47.9 Å². The molecule has 0 aliphatic heterocycles. The molecule has 0 aromatic heterocycles. The lowest BCUT2D eigenvalue weighted by molar-refractivity contribution is -0.137. The zero-order chi connectivity index (χ0) is 33.1. The molecule has 0 heterocycles. The molecule has 2 aromatic rings. The molecule has 1 fully saturated rings. The Morgan fingerprint density at radius 1 is 0.826 bits per heavy atom. The van der Waals surface area contributed by atoms with Gasteiger partial charge in [-0.15, -0.1) is 0 Å². The SMILES string of the molecule is CCOC(=O)/C=C/[C@H](CCC(N)=O)NC(=O)[C@H](Cc1ccccc1)NC(=O)[C@H](CC1CCCCC1)NC(=O)OCc1ccccc1. The first kappa shape index (κ1) is 35.8. The van der Waals surface area contributed by atoms with Gasteiger partial charge in [0.25, 0.3) is 0 Å². The number of rotatable bonds is 17. The van der Waals surface area contributed by atoms with Crippen LogP contribution < -0.4 is 21.7 Å². The second-order valence-electron chi connectivity index (χ2n) is 11.5. The quantitative estimate of drug-likeness (QED) is 0.152. The van der Waals surface area contributed by atoms with Gasteiger partial charge in [0.15, 0.2) is 0 Å². The van der Waals surface area contributed by atoms with Gasteiger partial charge in [-0.25, -0.2) is 9.59 Å². The predicted molar refractivity (Wildman–Crippen MR) is 173 cm³/mol. The summed E-state index contributed by atoms with van der Waals surface area (Å²) in [4.78, 5) is 63.8. The minimum atomic E-state index is -1.03. The number of esters is 1. The minimum absolute atomic E-state index is 0.0354. The topological polar surface area (TPSA) is 166 Å². The largest absolute Gasteiger partial charge is 0.463 e. The molecule has 0 spiro atoms. The zero-order valence-electron chi connectivity index (χ0n) is 26.5. The summed E-state index contributed by atoms with van der Waals surface area (Å²) < 4.78 is 10.3. The van der Waals surface area contributed by atoms with Crippen LogP contribution in [0.25, 0.3) is 0 Å². The van der Waals surface area contributed by atoms with Crippen molar-refractivity contribution in [2.24, 2.45) is 11.7 Å². The number of primary amides is 1. The van der Waals surface area contributed by atoms with Crippen molar-refractivity contribution in [3.05, 3.63) is 83.9 Å². The monoisotopic (exact) mass is 634 g/mol. The van der Waals surface area contributed by atoms with E-state index in [0.717, 1.165) is 43.2 Å². The Bertz CT molecular complexity index is 1300. The highest BCUT2D eigenvalue weighted by atomic mass is 16.5. The minimum Gasteiger partial charge on any atom is -0.463 e. The second-order valence-corrected chi connectivity index (χ2v) is 11.5. The fourth-order valence-electron chi connectivity index (χ4n) is 5.41. The molecule has 0 saturated heterocycles. The number of carbonyl (C=O) groups is 5. The van der Waals surface area contributed by atoms with Crippen molar-refractivity contribution in [3.63, 3.8) is 0 Å². The van der Waals surface area contributed by atoms with Gasteiger partial charge in [-0.05, 0) is 36.8 Å². The van der Waals surface area contributed by atoms with Gasteiger partial charge in [-0.1, -0.05) is 98.8 Å². The van der Waals surface area contributed by atoms with Gasteiger partial charge >= 0.3 is 12.1 Å². The van der Waals surface area contributed by atoms with Gasteiger partial charge < -0.3 is 31.2 Å². The number of ether oxygens (including phenoxy) is 2. The van der Waals surface area contributed by atoms with E-state index in [4.69, 9.17) is 15.2 Å². The first-order valence-electron chi connectivity index (χ1n) is 16.0. The third kappa shape index (κ3) is 13.5. The van der Waals surface area contributed by atoms with Gasteiger partial charge in [0.1, 0.15) is 18.7 Å². The lowest BCUT2D eigenvalue weighted by atomic mass is 9.84. The molecule has 4 amide bonds. The summed E-state index contributed by atoms with van der Waals surface area (Å²) in [6, 6.07) is 15.8. The number of carbonyl (C=O) groups excluding carboxylic acids is 5. The maximum Gasteiger partial charge on any atom is 0.408 e. The molecule has 248 valence electrons. The van der Waals surface area contributed by atoms with Gasteiger partial charge in [0.05, 0.1) is 6.61 Å². The Kier molecular flexibility index (Phi) is 15.3. The number of hydrogen-bond donors (Lipinski definition) is 4. The second kappa shape index (κ2) is 19.7. The van der Waals surface area contributed by atoms with E-state index in [-0.39, 0.29) is 38.4 Å². The molecular weight excluding hydrogens is 588 g/mol. The first-order chi connectivity index (χ1) is 22.2. The van der Waals surface area contributed by atoms with Crippen LogP contribution in [-0.2, 0) is 41.7 Å². The molecule has 46 heavy (non-hydrogen) atoms. The fourth-order valence-corrected chi connectivity index (χ4v) is 5.41. The highest BCUT2D eigenvalue weighted by Crippen LogP contribution is 2.27. The van der Waals surface area contributed by atoms with E-state index in [2.05, 4.69) is 16.0 Å². The molecular formula is C35H46N4O7. The number of alkyl carbamates (subject to hydrolysis) is 1. The summed E-state index contributed by atoms with van der Waals surface area (Å²) in [6.45, 7) is 1.91. The number of nitrogens with one attached hydrogen (secondary N) is 3. The maximum absolute atomic E-state index is 13.8. The maximum atomic E-state index is 13.8. The van der Waals surface area contributed by atoms with Crippen LogP contribution in [0.1, 0.15) is 69.4 Å². The Morgan fingerprint density at radius 3 is 2.09 bits per heavy atom. The van der Waals surface area contributed by atoms with Crippen molar-refractivity contribution in [3.8, 4) is 0 Å². The first-order valence-corrected chi connectivity index (χ1v) is 16.0. The molecule has 1 aliphatic rings. The number of hydrogen-bond acceptors (Lipinski definition) is 7. The van der Waals surface area contributed by atoms with Gasteiger partial charge in [-0.3, -0.25) is 14.4 Å². The van der Waals surface area contributed by atoms with Crippen LogP contribution in [0, 0.1) is 5.92 Å². The fraction of sp³-hybridized carbons (Fsp3) is 0.457. The van der Waals surface area contributed by atoms with E-state index in [1.54, 1.807) is 6.92 Å².